The van der Waals surface area contributed by atoms with E-state index in [0.29, 0.717) is 25.3 Å². The number of furan rings is 1. The van der Waals surface area contributed by atoms with Gasteiger partial charge in [-0.2, -0.15) is 0 Å². The Hall–Kier alpha value is -1.54. The molecule has 3 aromatic rings. The predicted molar refractivity (Wildman–Crippen MR) is 92.6 cm³/mol. The van der Waals surface area contributed by atoms with Crippen molar-refractivity contribution >= 4 is 57.3 Å². The maximum Gasteiger partial charge on any atom is 0.293 e. The molecule has 0 fully saturated rings. The SMILES string of the molecule is O=C(Nc1nnc(SCc2c(Cl)cccc2Cl)s1)c1ccco1. The number of rotatable bonds is 5. The van der Waals surface area contributed by atoms with Gasteiger partial charge in [-0.25, -0.2) is 0 Å². The Labute approximate surface area is 150 Å². The zero-order valence-corrected chi connectivity index (χ0v) is 14.6. The monoisotopic (exact) mass is 385 g/mol. The van der Waals surface area contributed by atoms with E-state index in [2.05, 4.69) is 15.5 Å². The molecule has 0 aliphatic carbocycles. The third kappa shape index (κ3) is 4.06. The second kappa shape index (κ2) is 7.35. The van der Waals surface area contributed by atoms with Crippen LogP contribution in [-0.2, 0) is 5.75 Å². The third-order valence-corrected chi connectivity index (χ3v) is 5.48. The normalized spacial score (nSPS) is 10.7. The molecule has 9 heteroatoms. The molecule has 0 spiro atoms. The lowest BCUT2D eigenvalue weighted by molar-refractivity contribution is 0.0996. The summed E-state index contributed by atoms with van der Waals surface area (Å²) >= 11 is 15.0. The second-order valence-electron chi connectivity index (χ2n) is 4.29. The second-order valence-corrected chi connectivity index (χ2v) is 7.31. The minimum absolute atomic E-state index is 0.220. The first-order valence-electron chi connectivity index (χ1n) is 6.37. The van der Waals surface area contributed by atoms with E-state index in [9.17, 15) is 4.79 Å². The number of hydrogen-bond donors (Lipinski definition) is 1. The highest BCUT2D eigenvalue weighted by molar-refractivity contribution is 8.00. The van der Waals surface area contributed by atoms with Gasteiger partial charge < -0.3 is 4.42 Å². The van der Waals surface area contributed by atoms with Crippen LogP contribution in [0.3, 0.4) is 0 Å². The molecule has 0 bridgehead atoms. The van der Waals surface area contributed by atoms with Gasteiger partial charge in [0.15, 0.2) is 10.1 Å². The minimum atomic E-state index is -0.364. The van der Waals surface area contributed by atoms with Crippen molar-refractivity contribution in [3.8, 4) is 0 Å². The van der Waals surface area contributed by atoms with Crippen LogP contribution in [0, 0.1) is 0 Å². The highest BCUT2D eigenvalue weighted by atomic mass is 35.5. The van der Waals surface area contributed by atoms with Gasteiger partial charge in [0, 0.05) is 15.8 Å². The molecule has 2 aromatic heterocycles. The molecule has 2 heterocycles. The van der Waals surface area contributed by atoms with Crippen LogP contribution in [0.15, 0.2) is 45.4 Å². The van der Waals surface area contributed by atoms with Crippen molar-refractivity contribution in [3.05, 3.63) is 58.0 Å². The van der Waals surface area contributed by atoms with Gasteiger partial charge in [0.05, 0.1) is 6.26 Å². The Morgan fingerprint density at radius 3 is 2.70 bits per heavy atom. The van der Waals surface area contributed by atoms with Crippen molar-refractivity contribution in [1.29, 1.82) is 0 Å². The lowest BCUT2D eigenvalue weighted by atomic mass is 10.2. The maximum absolute atomic E-state index is 11.8. The molecular formula is C14H9Cl2N3O2S2. The number of amides is 1. The van der Waals surface area contributed by atoms with Gasteiger partial charge in [0.25, 0.3) is 5.91 Å². The number of nitrogens with one attached hydrogen (secondary N) is 1. The van der Waals surface area contributed by atoms with Gasteiger partial charge in [-0.15, -0.1) is 10.2 Å². The zero-order chi connectivity index (χ0) is 16.2. The Morgan fingerprint density at radius 2 is 2.00 bits per heavy atom. The van der Waals surface area contributed by atoms with E-state index in [1.807, 2.05) is 0 Å². The molecule has 5 nitrogen and oxygen atoms in total. The number of thioether (sulfide) groups is 1. The van der Waals surface area contributed by atoms with Crippen molar-refractivity contribution in [2.75, 3.05) is 5.32 Å². The number of carbonyl (C=O) groups is 1. The number of halogens is 2. The molecule has 3 rings (SSSR count). The first-order chi connectivity index (χ1) is 11.1. The van der Waals surface area contributed by atoms with E-state index < -0.39 is 0 Å². The van der Waals surface area contributed by atoms with Crippen molar-refractivity contribution in [2.45, 2.75) is 10.1 Å². The van der Waals surface area contributed by atoms with Gasteiger partial charge in [0.2, 0.25) is 5.13 Å². The number of carbonyl (C=O) groups excluding carboxylic acids is 1. The van der Waals surface area contributed by atoms with Crippen molar-refractivity contribution < 1.29 is 9.21 Å². The number of anilines is 1. The van der Waals surface area contributed by atoms with Crippen LogP contribution in [0.4, 0.5) is 5.13 Å². The van der Waals surface area contributed by atoms with Crippen molar-refractivity contribution in [3.63, 3.8) is 0 Å². The van der Waals surface area contributed by atoms with Crippen LogP contribution in [0.1, 0.15) is 16.1 Å². The fourth-order valence-electron chi connectivity index (χ4n) is 1.69. The summed E-state index contributed by atoms with van der Waals surface area (Å²) in [4.78, 5) is 11.8. The fourth-order valence-corrected chi connectivity index (χ4v) is 4.18. The molecule has 0 unspecified atom stereocenters. The summed E-state index contributed by atoms with van der Waals surface area (Å²) < 4.78 is 5.72. The van der Waals surface area contributed by atoms with Crippen LogP contribution < -0.4 is 5.32 Å². The third-order valence-electron chi connectivity index (χ3n) is 2.77. The highest BCUT2D eigenvalue weighted by Gasteiger charge is 2.13. The standard InChI is InChI=1S/C14H9Cl2N3O2S2/c15-9-3-1-4-10(16)8(9)7-22-14-19-18-13(23-14)17-12(20)11-5-2-6-21-11/h1-6H,7H2,(H,17,18,20). The highest BCUT2D eigenvalue weighted by Crippen LogP contribution is 2.33. The lowest BCUT2D eigenvalue weighted by Gasteiger charge is -2.04. The van der Waals surface area contributed by atoms with Gasteiger partial charge in [-0.3, -0.25) is 10.1 Å². The number of nitrogens with zero attached hydrogens (tertiary/aromatic N) is 2. The Bertz CT molecular complexity index is 801. The van der Waals surface area contributed by atoms with E-state index in [-0.39, 0.29) is 11.7 Å². The largest absolute Gasteiger partial charge is 0.459 e. The molecule has 0 atom stereocenters. The quantitative estimate of drug-likeness (QED) is 0.495. The lowest BCUT2D eigenvalue weighted by Crippen LogP contribution is -2.10. The zero-order valence-electron chi connectivity index (χ0n) is 11.5. The summed E-state index contributed by atoms with van der Waals surface area (Å²) in [5, 5.41) is 12.2. The van der Waals surface area contributed by atoms with Crippen molar-refractivity contribution in [1.82, 2.24) is 10.2 Å². The minimum Gasteiger partial charge on any atom is -0.459 e. The molecule has 0 radical (unpaired) electrons. The van der Waals surface area contributed by atoms with E-state index in [0.717, 1.165) is 5.56 Å². The van der Waals surface area contributed by atoms with Crippen LogP contribution in [0.5, 0.6) is 0 Å². The molecule has 0 saturated heterocycles. The van der Waals surface area contributed by atoms with Crippen LogP contribution in [0.2, 0.25) is 10.0 Å². The number of benzene rings is 1. The first kappa shape index (κ1) is 16.3. The summed E-state index contributed by atoms with van der Waals surface area (Å²) in [6.07, 6.45) is 1.43. The van der Waals surface area contributed by atoms with Gasteiger partial charge in [0.1, 0.15) is 0 Å². The van der Waals surface area contributed by atoms with E-state index in [4.69, 9.17) is 27.6 Å². The van der Waals surface area contributed by atoms with E-state index >= 15 is 0 Å². The smallest absolute Gasteiger partial charge is 0.293 e. The van der Waals surface area contributed by atoms with E-state index in [1.165, 1.54) is 29.4 Å². The van der Waals surface area contributed by atoms with Gasteiger partial charge in [-0.05, 0) is 29.8 Å². The van der Waals surface area contributed by atoms with Crippen LogP contribution in [-0.4, -0.2) is 16.1 Å². The summed E-state index contributed by atoms with van der Waals surface area (Å²) in [6.45, 7) is 0. The molecule has 118 valence electrons. The van der Waals surface area contributed by atoms with Crippen molar-refractivity contribution in [2.24, 2.45) is 0 Å². The average Bonchev–Trinajstić information content (AvgIpc) is 3.18. The average molecular weight is 386 g/mol. The summed E-state index contributed by atoms with van der Waals surface area (Å²) in [5.41, 5.74) is 0.845. The van der Waals surface area contributed by atoms with E-state index in [1.54, 1.807) is 30.3 Å². The Balaban J connectivity index is 1.62. The van der Waals surface area contributed by atoms with Crippen LogP contribution in [0.25, 0.3) is 0 Å². The maximum atomic E-state index is 11.8. The first-order valence-corrected chi connectivity index (χ1v) is 8.93. The summed E-state index contributed by atoms with van der Waals surface area (Å²) in [7, 11) is 0. The Kier molecular flexibility index (Phi) is 5.22. The molecule has 1 aromatic carbocycles. The summed E-state index contributed by atoms with van der Waals surface area (Å²) in [5.74, 6) is 0.424. The molecule has 23 heavy (non-hydrogen) atoms. The van der Waals surface area contributed by atoms with Crippen LogP contribution >= 0.6 is 46.3 Å². The van der Waals surface area contributed by atoms with Gasteiger partial charge in [-0.1, -0.05) is 52.4 Å². The molecule has 0 saturated carbocycles. The molecule has 1 amide bonds. The number of hydrogen-bond acceptors (Lipinski definition) is 6. The van der Waals surface area contributed by atoms with Gasteiger partial charge >= 0.3 is 0 Å². The topological polar surface area (TPSA) is 68.0 Å². The molecule has 0 aliphatic heterocycles. The summed E-state index contributed by atoms with van der Waals surface area (Å²) in [6, 6.07) is 8.60. The fraction of sp³-hybridized carbons (Fsp3) is 0.0714. The Morgan fingerprint density at radius 1 is 1.22 bits per heavy atom. The molecule has 1 N–H and O–H groups in total. The number of aromatic nitrogens is 2. The molecular weight excluding hydrogens is 377 g/mol. The predicted octanol–water partition coefficient (Wildman–Crippen LogP) is 4.98. The molecule has 0 aliphatic rings.